The van der Waals surface area contributed by atoms with Crippen LogP contribution in [0.2, 0.25) is 0 Å². The van der Waals surface area contributed by atoms with Crippen LogP contribution in [0.15, 0.2) is 36.4 Å². The highest BCUT2D eigenvalue weighted by Crippen LogP contribution is 2.27. The summed E-state index contributed by atoms with van der Waals surface area (Å²) in [7, 11) is 3.75. The highest BCUT2D eigenvalue weighted by atomic mass is 16.3. The zero-order chi connectivity index (χ0) is 11.7. The van der Waals surface area contributed by atoms with Crippen LogP contribution in [-0.2, 0) is 0 Å². The molecule has 2 aromatic carbocycles. The molecule has 84 valence electrons. The van der Waals surface area contributed by atoms with E-state index in [2.05, 4.69) is 25.1 Å². The van der Waals surface area contributed by atoms with Crippen molar-refractivity contribution in [2.75, 3.05) is 14.1 Å². The molecule has 0 spiro atoms. The average Bonchev–Trinajstić information content (AvgIpc) is 2.29. The number of hydrogen-bond acceptors (Lipinski definition) is 2. The lowest BCUT2D eigenvalue weighted by Crippen LogP contribution is -2.19. The van der Waals surface area contributed by atoms with E-state index in [4.69, 9.17) is 0 Å². The molecule has 1 N–H and O–H groups in total. The maximum atomic E-state index is 10.1. The van der Waals surface area contributed by atoms with Gasteiger partial charge in [0.2, 0.25) is 0 Å². The van der Waals surface area contributed by atoms with Crippen LogP contribution in [-0.4, -0.2) is 24.1 Å². The van der Waals surface area contributed by atoms with Gasteiger partial charge in [0.25, 0.3) is 0 Å². The third kappa shape index (κ3) is 1.82. The summed E-state index contributed by atoms with van der Waals surface area (Å²) in [4.78, 5) is 1.80. The van der Waals surface area contributed by atoms with Crippen molar-refractivity contribution in [1.82, 2.24) is 4.90 Å². The third-order valence-corrected chi connectivity index (χ3v) is 2.94. The number of fused-ring (bicyclic) bond motifs is 1. The van der Waals surface area contributed by atoms with Gasteiger partial charge in [0.1, 0.15) is 6.23 Å². The van der Waals surface area contributed by atoms with Crippen molar-refractivity contribution in [3.63, 3.8) is 0 Å². The fraction of sp³-hybridized carbons (Fsp3) is 0.286. The smallest absolute Gasteiger partial charge is 0.133 e. The summed E-state index contributed by atoms with van der Waals surface area (Å²) in [5.74, 6) is 0. The number of aliphatic hydroxyl groups excluding tert-OH is 1. The summed E-state index contributed by atoms with van der Waals surface area (Å²) in [6.07, 6.45) is -0.550. The van der Waals surface area contributed by atoms with Gasteiger partial charge in [-0.15, -0.1) is 0 Å². The Labute approximate surface area is 96.1 Å². The lowest BCUT2D eigenvalue weighted by atomic mass is 9.99. The van der Waals surface area contributed by atoms with Gasteiger partial charge >= 0.3 is 0 Å². The molecule has 0 amide bonds. The number of nitrogens with zero attached hydrogens (tertiary/aromatic N) is 1. The van der Waals surface area contributed by atoms with Gasteiger partial charge in [-0.1, -0.05) is 36.4 Å². The number of rotatable bonds is 2. The van der Waals surface area contributed by atoms with Crippen molar-refractivity contribution in [2.24, 2.45) is 0 Å². The average molecular weight is 215 g/mol. The Morgan fingerprint density at radius 2 is 1.62 bits per heavy atom. The molecule has 2 aromatic rings. The second-order valence-electron chi connectivity index (χ2n) is 4.35. The van der Waals surface area contributed by atoms with E-state index in [0.717, 1.165) is 10.9 Å². The van der Waals surface area contributed by atoms with Crippen LogP contribution >= 0.6 is 0 Å². The number of aryl methyl sites for hydroxylation is 1. The van der Waals surface area contributed by atoms with Gasteiger partial charge in [-0.05, 0) is 37.4 Å². The van der Waals surface area contributed by atoms with E-state index < -0.39 is 6.23 Å². The van der Waals surface area contributed by atoms with E-state index in [1.54, 1.807) is 4.90 Å². The van der Waals surface area contributed by atoms with Crippen LogP contribution in [0, 0.1) is 6.92 Å². The first-order valence-corrected chi connectivity index (χ1v) is 5.44. The minimum absolute atomic E-state index is 0.550. The Morgan fingerprint density at radius 3 is 2.25 bits per heavy atom. The van der Waals surface area contributed by atoms with Crippen LogP contribution in [0.3, 0.4) is 0 Å². The van der Waals surface area contributed by atoms with Crippen LogP contribution in [0.1, 0.15) is 17.4 Å². The Balaban J connectivity index is 2.67. The summed E-state index contributed by atoms with van der Waals surface area (Å²) in [5.41, 5.74) is 2.21. The predicted molar refractivity (Wildman–Crippen MR) is 67.3 cm³/mol. The summed E-state index contributed by atoms with van der Waals surface area (Å²) in [6.45, 7) is 2.09. The van der Waals surface area contributed by atoms with Gasteiger partial charge in [-0.2, -0.15) is 0 Å². The molecule has 0 aliphatic heterocycles. The van der Waals surface area contributed by atoms with Gasteiger partial charge in [0.15, 0.2) is 0 Å². The first kappa shape index (κ1) is 11.1. The first-order chi connectivity index (χ1) is 7.61. The minimum Gasteiger partial charge on any atom is -0.374 e. The van der Waals surface area contributed by atoms with E-state index in [1.807, 2.05) is 32.3 Å². The molecule has 1 atom stereocenters. The molecule has 2 heteroatoms. The molecule has 2 rings (SSSR count). The zero-order valence-corrected chi connectivity index (χ0v) is 9.94. The highest BCUT2D eigenvalue weighted by molar-refractivity contribution is 5.88. The van der Waals surface area contributed by atoms with Gasteiger partial charge in [-0.25, -0.2) is 0 Å². The molecule has 0 aliphatic rings. The van der Waals surface area contributed by atoms with E-state index in [-0.39, 0.29) is 0 Å². The Morgan fingerprint density at radius 1 is 1.00 bits per heavy atom. The molecule has 0 aromatic heterocycles. The van der Waals surface area contributed by atoms with Gasteiger partial charge in [0.05, 0.1) is 0 Å². The van der Waals surface area contributed by atoms with Crippen LogP contribution in [0.25, 0.3) is 10.8 Å². The molecule has 0 aliphatic carbocycles. The van der Waals surface area contributed by atoms with Crippen LogP contribution in [0.4, 0.5) is 0 Å². The molecule has 0 bridgehead atoms. The second kappa shape index (κ2) is 4.24. The van der Waals surface area contributed by atoms with Crippen molar-refractivity contribution in [3.05, 3.63) is 47.5 Å². The fourth-order valence-electron chi connectivity index (χ4n) is 1.98. The summed E-state index contributed by atoms with van der Waals surface area (Å²) < 4.78 is 0. The Kier molecular flexibility index (Phi) is 2.95. The molecular weight excluding hydrogens is 198 g/mol. The maximum absolute atomic E-state index is 10.1. The van der Waals surface area contributed by atoms with E-state index in [0.29, 0.717) is 0 Å². The van der Waals surface area contributed by atoms with Gasteiger partial charge in [-0.3, -0.25) is 4.90 Å². The van der Waals surface area contributed by atoms with E-state index >= 15 is 0 Å². The van der Waals surface area contributed by atoms with Crippen LogP contribution < -0.4 is 0 Å². The van der Waals surface area contributed by atoms with Crippen LogP contribution in [0.5, 0.6) is 0 Å². The molecule has 0 heterocycles. The fourth-order valence-corrected chi connectivity index (χ4v) is 1.98. The maximum Gasteiger partial charge on any atom is 0.133 e. The molecule has 16 heavy (non-hydrogen) atoms. The van der Waals surface area contributed by atoms with Gasteiger partial charge in [0, 0.05) is 5.56 Å². The number of hydrogen-bond donors (Lipinski definition) is 1. The lowest BCUT2D eigenvalue weighted by molar-refractivity contribution is 0.0408. The van der Waals surface area contributed by atoms with Crippen molar-refractivity contribution in [1.29, 1.82) is 0 Å². The summed E-state index contributed by atoms with van der Waals surface area (Å²) in [6, 6.07) is 12.3. The predicted octanol–water partition coefficient (Wildman–Crippen LogP) is 2.70. The number of aliphatic hydroxyl groups is 1. The summed E-state index contributed by atoms with van der Waals surface area (Å²) >= 11 is 0. The lowest BCUT2D eigenvalue weighted by Gasteiger charge is -2.21. The summed E-state index contributed by atoms with van der Waals surface area (Å²) in [5, 5.41) is 12.5. The third-order valence-electron chi connectivity index (χ3n) is 2.94. The molecule has 2 nitrogen and oxygen atoms in total. The molecule has 0 saturated carbocycles. The first-order valence-electron chi connectivity index (χ1n) is 5.44. The van der Waals surface area contributed by atoms with E-state index in [1.165, 1.54) is 10.9 Å². The van der Waals surface area contributed by atoms with Crippen molar-refractivity contribution >= 4 is 10.8 Å². The van der Waals surface area contributed by atoms with E-state index in [9.17, 15) is 5.11 Å². The van der Waals surface area contributed by atoms with Crippen molar-refractivity contribution in [3.8, 4) is 0 Å². The monoisotopic (exact) mass is 215 g/mol. The topological polar surface area (TPSA) is 23.5 Å². The second-order valence-corrected chi connectivity index (χ2v) is 4.35. The molecule has 0 radical (unpaired) electrons. The quantitative estimate of drug-likeness (QED) is 0.779. The minimum atomic E-state index is -0.550. The SMILES string of the molecule is Cc1ccc(C(O)N(C)C)c2ccccc12. The molecule has 0 saturated heterocycles. The largest absolute Gasteiger partial charge is 0.374 e. The molecule has 1 unspecified atom stereocenters. The molecular formula is C14H17NO. The van der Waals surface area contributed by atoms with Crippen molar-refractivity contribution < 1.29 is 5.11 Å². The Hall–Kier alpha value is -1.38. The molecule has 0 fully saturated rings. The van der Waals surface area contributed by atoms with Gasteiger partial charge < -0.3 is 5.11 Å². The highest BCUT2D eigenvalue weighted by Gasteiger charge is 2.13. The Bertz CT molecular complexity index is 505. The van der Waals surface area contributed by atoms with Crippen molar-refractivity contribution in [2.45, 2.75) is 13.2 Å². The number of benzene rings is 2. The normalized spacial score (nSPS) is 13.3. The standard InChI is InChI=1S/C14H17NO/c1-10-8-9-13(14(16)15(2)3)12-7-5-4-6-11(10)12/h4-9,14,16H,1-3H3. The zero-order valence-electron chi connectivity index (χ0n) is 9.94.